The Balaban J connectivity index is 1.78. The third-order valence-electron chi connectivity index (χ3n) is 2.52. The van der Waals surface area contributed by atoms with Crippen LogP contribution in [0.15, 0.2) is 15.0 Å². The van der Waals surface area contributed by atoms with Crippen molar-refractivity contribution in [1.29, 1.82) is 0 Å². The van der Waals surface area contributed by atoms with Crippen LogP contribution in [-0.4, -0.2) is 38.4 Å². The van der Waals surface area contributed by atoms with Gasteiger partial charge in [0.1, 0.15) is 0 Å². The quantitative estimate of drug-likeness (QED) is 0.777. The molecule has 0 radical (unpaired) electrons. The number of thioether (sulfide) groups is 1. The first-order chi connectivity index (χ1) is 11.2. The van der Waals surface area contributed by atoms with Crippen LogP contribution < -0.4 is 10.6 Å². The number of aryl methyl sites for hydroxylation is 1. The predicted molar refractivity (Wildman–Crippen MR) is 91.1 cm³/mol. The normalized spacial score (nSPS) is 11.3. The lowest BCUT2D eigenvalue weighted by atomic mass is 10.1. The molecule has 2 heterocycles. The number of hydrogen-bond acceptors (Lipinski definition) is 8. The van der Waals surface area contributed by atoms with E-state index in [9.17, 15) is 9.59 Å². The number of nitrogens with one attached hydrogen (secondary N) is 2. The minimum atomic E-state index is -0.529. The molecule has 24 heavy (non-hydrogen) atoms. The van der Waals surface area contributed by atoms with Crippen LogP contribution >= 0.6 is 23.1 Å². The molecule has 3 amide bonds. The predicted octanol–water partition coefficient (Wildman–Crippen LogP) is 2.14. The maximum absolute atomic E-state index is 11.7. The standard InChI is InChI=1S/C14H19N5O3S2/c1-8-15-9(6-23-8)5-11-18-19-13(22-11)24-7-10(20)16-12(21)17-14(2,3)4/h6H,5,7H2,1-4H3,(H2,16,17,20,21). The molecule has 0 atom stereocenters. The van der Waals surface area contributed by atoms with Gasteiger partial charge in [-0.2, -0.15) is 0 Å². The van der Waals surface area contributed by atoms with Crippen LogP contribution in [0, 0.1) is 6.92 Å². The molecule has 0 aromatic carbocycles. The first kappa shape index (κ1) is 18.4. The van der Waals surface area contributed by atoms with E-state index < -0.39 is 17.5 Å². The summed E-state index contributed by atoms with van der Waals surface area (Å²) in [5.74, 6) is 0.0139. The Bertz CT molecular complexity index is 720. The van der Waals surface area contributed by atoms with Crippen LogP contribution in [0.5, 0.6) is 0 Å². The number of hydrogen-bond donors (Lipinski definition) is 2. The Morgan fingerprint density at radius 2 is 2.08 bits per heavy atom. The van der Waals surface area contributed by atoms with Crippen LogP contribution in [0.4, 0.5) is 4.79 Å². The average molecular weight is 369 g/mol. The zero-order valence-electron chi connectivity index (χ0n) is 13.9. The van der Waals surface area contributed by atoms with Crippen LogP contribution in [0.2, 0.25) is 0 Å². The SMILES string of the molecule is Cc1nc(Cc2nnc(SCC(=O)NC(=O)NC(C)(C)C)o2)cs1. The van der Waals surface area contributed by atoms with Crippen molar-refractivity contribution in [2.24, 2.45) is 0 Å². The first-order valence-electron chi connectivity index (χ1n) is 7.19. The van der Waals surface area contributed by atoms with Gasteiger partial charge >= 0.3 is 6.03 Å². The summed E-state index contributed by atoms with van der Waals surface area (Å²) in [6, 6.07) is -0.529. The van der Waals surface area contributed by atoms with E-state index in [0.29, 0.717) is 12.3 Å². The van der Waals surface area contributed by atoms with Crippen molar-refractivity contribution in [1.82, 2.24) is 25.8 Å². The van der Waals surface area contributed by atoms with Gasteiger partial charge < -0.3 is 9.73 Å². The van der Waals surface area contributed by atoms with Crippen LogP contribution in [0.1, 0.15) is 37.4 Å². The van der Waals surface area contributed by atoms with Crippen molar-refractivity contribution in [3.63, 3.8) is 0 Å². The highest BCUT2D eigenvalue weighted by molar-refractivity contribution is 7.99. The van der Waals surface area contributed by atoms with Crippen molar-refractivity contribution < 1.29 is 14.0 Å². The summed E-state index contributed by atoms with van der Waals surface area (Å²) in [6.45, 7) is 7.42. The second-order valence-electron chi connectivity index (χ2n) is 6.04. The average Bonchev–Trinajstić information content (AvgIpc) is 3.04. The van der Waals surface area contributed by atoms with Gasteiger partial charge in [0.05, 0.1) is 22.9 Å². The van der Waals surface area contributed by atoms with E-state index in [1.807, 2.05) is 33.1 Å². The third kappa shape index (κ3) is 6.28. The first-order valence-corrected chi connectivity index (χ1v) is 9.06. The van der Waals surface area contributed by atoms with Gasteiger partial charge in [-0.05, 0) is 27.7 Å². The smallest absolute Gasteiger partial charge is 0.321 e. The number of aromatic nitrogens is 3. The summed E-state index contributed by atoms with van der Waals surface area (Å²) in [5.41, 5.74) is 0.460. The minimum absolute atomic E-state index is 0.00893. The highest BCUT2D eigenvalue weighted by atomic mass is 32.2. The van der Waals surface area contributed by atoms with Gasteiger partial charge in [-0.1, -0.05) is 11.8 Å². The Hall–Kier alpha value is -1.94. The number of amides is 3. The summed E-state index contributed by atoms with van der Waals surface area (Å²) in [7, 11) is 0. The molecule has 10 heteroatoms. The number of rotatable bonds is 5. The van der Waals surface area contributed by atoms with Crippen LogP contribution in [0.25, 0.3) is 0 Å². The molecule has 0 bridgehead atoms. The maximum Gasteiger partial charge on any atom is 0.321 e. The number of imide groups is 1. The van der Waals surface area contributed by atoms with Crippen molar-refractivity contribution in [3.8, 4) is 0 Å². The zero-order valence-corrected chi connectivity index (χ0v) is 15.5. The molecular weight excluding hydrogens is 350 g/mol. The Kier molecular flexibility index (Phi) is 5.94. The Labute approximate surface area is 147 Å². The highest BCUT2D eigenvalue weighted by Crippen LogP contribution is 2.18. The summed E-state index contributed by atoms with van der Waals surface area (Å²) in [6.07, 6.45) is 0.456. The van der Waals surface area contributed by atoms with Crippen LogP contribution in [0.3, 0.4) is 0 Å². The van der Waals surface area contributed by atoms with Gasteiger partial charge in [-0.15, -0.1) is 21.5 Å². The maximum atomic E-state index is 11.7. The summed E-state index contributed by atoms with van der Waals surface area (Å²) in [4.78, 5) is 27.6. The number of urea groups is 1. The topological polar surface area (TPSA) is 110 Å². The Morgan fingerprint density at radius 3 is 2.71 bits per heavy atom. The molecule has 130 valence electrons. The minimum Gasteiger partial charge on any atom is -0.416 e. The summed E-state index contributed by atoms with van der Waals surface area (Å²) >= 11 is 2.63. The van der Waals surface area contributed by atoms with Gasteiger partial charge in [-0.25, -0.2) is 9.78 Å². The van der Waals surface area contributed by atoms with Gasteiger partial charge in [0.15, 0.2) is 0 Å². The van der Waals surface area contributed by atoms with Crippen molar-refractivity contribution >= 4 is 35.0 Å². The molecule has 0 aliphatic carbocycles. The molecule has 2 N–H and O–H groups in total. The zero-order chi connectivity index (χ0) is 17.7. The van der Waals surface area contributed by atoms with E-state index in [2.05, 4.69) is 25.8 Å². The van der Waals surface area contributed by atoms with Crippen molar-refractivity contribution in [2.45, 2.75) is 44.9 Å². The molecular formula is C14H19N5O3S2. The number of nitrogens with zero attached hydrogens (tertiary/aromatic N) is 3. The molecule has 0 saturated heterocycles. The van der Waals surface area contributed by atoms with Gasteiger partial charge in [0.25, 0.3) is 5.22 Å². The molecule has 0 unspecified atom stereocenters. The lowest BCUT2D eigenvalue weighted by Crippen LogP contribution is -2.48. The van der Waals surface area contributed by atoms with E-state index in [1.54, 1.807) is 11.3 Å². The fourth-order valence-corrected chi connectivity index (χ4v) is 2.87. The van der Waals surface area contributed by atoms with Crippen molar-refractivity contribution in [2.75, 3.05) is 5.75 Å². The second kappa shape index (κ2) is 7.75. The van der Waals surface area contributed by atoms with E-state index in [1.165, 1.54) is 0 Å². The van der Waals surface area contributed by atoms with E-state index in [4.69, 9.17) is 4.42 Å². The molecule has 2 rings (SSSR count). The number of thiazole rings is 1. The van der Waals surface area contributed by atoms with Crippen LogP contribution in [-0.2, 0) is 11.2 Å². The molecule has 0 fully saturated rings. The van der Waals surface area contributed by atoms with Gasteiger partial charge in [0.2, 0.25) is 11.8 Å². The van der Waals surface area contributed by atoms with E-state index >= 15 is 0 Å². The molecule has 8 nitrogen and oxygen atoms in total. The second-order valence-corrected chi connectivity index (χ2v) is 8.03. The van der Waals surface area contributed by atoms with Gasteiger partial charge in [0, 0.05) is 10.9 Å². The lowest BCUT2D eigenvalue weighted by molar-refractivity contribution is -0.117. The monoisotopic (exact) mass is 369 g/mol. The molecule has 0 aliphatic rings. The van der Waals surface area contributed by atoms with Crippen molar-refractivity contribution in [3.05, 3.63) is 22.0 Å². The molecule has 2 aromatic rings. The Morgan fingerprint density at radius 1 is 1.33 bits per heavy atom. The number of carbonyl (C=O) groups is 2. The van der Waals surface area contributed by atoms with E-state index in [0.717, 1.165) is 22.5 Å². The molecule has 2 aromatic heterocycles. The van der Waals surface area contributed by atoms with Gasteiger partial charge in [-0.3, -0.25) is 10.1 Å². The molecule has 0 spiro atoms. The van der Waals surface area contributed by atoms with E-state index in [-0.39, 0.29) is 11.0 Å². The fourth-order valence-electron chi connectivity index (χ4n) is 1.67. The lowest BCUT2D eigenvalue weighted by Gasteiger charge is -2.20. The largest absolute Gasteiger partial charge is 0.416 e. The molecule has 0 saturated carbocycles. The fraction of sp³-hybridized carbons (Fsp3) is 0.500. The summed E-state index contributed by atoms with van der Waals surface area (Å²) < 4.78 is 5.46. The summed E-state index contributed by atoms with van der Waals surface area (Å²) in [5, 5.41) is 15.9. The number of carbonyl (C=O) groups excluding carboxylic acids is 2. The highest BCUT2D eigenvalue weighted by Gasteiger charge is 2.17. The molecule has 0 aliphatic heterocycles. The third-order valence-corrected chi connectivity index (χ3v) is 4.16.